The van der Waals surface area contributed by atoms with Crippen LogP contribution in [0.5, 0.6) is 0 Å². The van der Waals surface area contributed by atoms with E-state index in [0.717, 1.165) is 54.6 Å². The highest BCUT2D eigenvalue weighted by molar-refractivity contribution is 5.98. The van der Waals surface area contributed by atoms with Crippen molar-refractivity contribution in [2.75, 3.05) is 33.0 Å². The molecule has 66 heavy (non-hydrogen) atoms. The van der Waals surface area contributed by atoms with Crippen LogP contribution in [0, 0.1) is 31.4 Å². The van der Waals surface area contributed by atoms with Gasteiger partial charge in [-0.25, -0.2) is 23.1 Å². The lowest BCUT2D eigenvalue weighted by Gasteiger charge is -2.26. The van der Waals surface area contributed by atoms with E-state index in [0.29, 0.717) is 88.6 Å². The number of benzene rings is 3. The summed E-state index contributed by atoms with van der Waals surface area (Å²) >= 11 is 0. The Kier molecular flexibility index (Phi) is 11.6. The number of rotatable bonds is 6. The van der Waals surface area contributed by atoms with Crippen LogP contribution in [0.3, 0.4) is 0 Å². The number of aromatic amines is 3. The Morgan fingerprint density at radius 3 is 2.30 bits per heavy atom. The number of hydrogen-bond acceptors (Lipinski definition) is 9. The molecule has 12 rings (SSSR count). The average Bonchev–Trinajstić information content (AvgIpc) is 4.10. The SMILES string of the molecule is C1CCOC1.C[C@H]1C[C@H]1c1noc(=O)[nH]1.Cc1cc(-n2nc3c(c2-n2ccn(-c4ccc5[nH]ncc5c4)c2=O)CN(C(=O)c2cc4cc(C5CCOCC5)cc(F)c4[nH]2)CC3)cc(C)c1F. The van der Waals surface area contributed by atoms with Gasteiger partial charge in [-0.2, -0.15) is 10.2 Å². The van der Waals surface area contributed by atoms with Crippen molar-refractivity contribution in [2.24, 2.45) is 5.92 Å². The van der Waals surface area contributed by atoms with Gasteiger partial charge >= 0.3 is 11.4 Å². The lowest BCUT2D eigenvalue weighted by Crippen LogP contribution is -2.36. The molecule has 4 aliphatic rings. The number of aryl methyl sites for hydroxylation is 2. The van der Waals surface area contributed by atoms with Crippen molar-refractivity contribution in [2.45, 2.75) is 77.7 Å². The molecule has 0 spiro atoms. The smallest absolute Gasteiger partial charge is 0.381 e. The van der Waals surface area contributed by atoms with E-state index in [1.165, 1.54) is 22.0 Å². The van der Waals surface area contributed by atoms with Gasteiger partial charge in [0.1, 0.15) is 23.1 Å². The van der Waals surface area contributed by atoms with Crippen LogP contribution in [0.2, 0.25) is 0 Å². The summed E-state index contributed by atoms with van der Waals surface area (Å²) in [6.07, 6.45) is 10.8. The van der Waals surface area contributed by atoms with Gasteiger partial charge in [0, 0.05) is 74.0 Å². The monoisotopic (exact) mass is 900 g/mol. The molecular weight excluding hydrogens is 851 g/mol. The van der Waals surface area contributed by atoms with Crippen LogP contribution in [0.4, 0.5) is 8.78 Å². The van der Waals surface area contributed by atoms with E-state index in [4.69, 9.17) is 14.6 Å². The number of halogens is 2. The van der Waals surface area contributed by atoms with Crippen LogP contribution < -0.4 is 11.4 Å². The number of H-pyrrole nitrogens is 3. The summed E-state index contributed by atoms with van der Waals surface area (Å²) in [5.41, 5.74) is 5.58. The maximum absolute atomic E-state index is 15.4. The minimum Gasteiger partial charge on any atom is -0.381 e. The first-order valence-electron chi connectivity index (χ1n) is 22.4. The number of ether oxygens (including phenoxy) is 2. The Hall–Kier alpha value is -6.92. The second-order valence-electron chi connectivity index (χ2n) is 17.6. The summed E-state index contributed by atoms with van der Waals surface area (Å²) in [7, 11) is 0. The van der Waals surface area contributed by atoms with Crippen LogP contribution >= 0.6 is 0 Å². The number of nitrogens with one attached hydrogen (secondary N) is 3. The predicted octanol–water partition coefficient (Wildman–Crippen LogP) is 7.44. The molecule has 0 radical (unpaired) electrons. The van der Waals surface area contributed by atoms with Crippen LogP contribution in [-0.2, 0) is 22.4 Å². The number of imidazole rings is 1. The number of aromatic nitrogens is 9. The van der Waals surface area contributed by atoms with Gasteiger partial charge in [-0.05, 0) is 123 Å². The van der Waals surface area contributed by atoms with Crippen LogP contribution in [0.1, 0.15) is 95.1 Å². The Morgan fingerprint density at radius 2 is 1.61 bits per heavy atom. The summed E-state index contributed by atoms with van der Waals surface area (Å²) < 4.78 is 49.6. The molecule has 3 fully saturated rings. The van der Waals surface area contributed by atoms with E-state index in [9.17, 15) is 18.8 Å². The lowest BCUT2D eigenvalue weighted by molar-refractivity contribution is 0.0729. The summed E-state index contributed by atoms with van der Waals surface area (Å²) in [6.45, 7) is 9.34. The molecule has 5 aromatic heterocycles. The van der Waals surface area contributed by atoms with E-state index in [2.05, 4.69) is 36.8 Å². The Bertz CT molecular complexity index is 3170. The first kappa shape index (κ1) is 43.0. The van der Waals surface area contributed by atoms with Crippen LogP contribution in [-0.4, -0.2) is 88.0 Å². The van der Waals surface area contributed by atoms with E-state index >= 15 is 4.39 Å². The van der Waals surface area contributed by atoms with Crippen LogP contribution in [0.25, 0.3) is 39.0 Å². The predicted molar refractivity (Wildman–Crippen MR) is 241 cm³/mol. The number of nitrogens with zero attached hydrogens (tertiary/aromatic N) is 7. The third-order valence-corrected chi connectivity index (χ3v) is 13.0. The lowest BCUT2D eigenvalue weighted by atomic mass is 9.91. The highest BCUT2D eigenvalue weighted by atomic mass is 19.1. The Labute approximate surface area is 376 Å². The molecule has 2 saturated heterocycles. The number of carbonyl (C=O) groups is 1. The third kappa shape index (κ3) is 8.41. The van der Waals surface area contributed by atoms with Gasteiger partial charge < -0.3 is 19.4 Å². The van der Waals surface area contributed by atoms with Crippen molar-refractivity contribution in [1.82, 2.24) is 49.1 Å². The van der Waals surface area contributed by atoms with E-state index < -0.39 is 11.6 Å². The van der Waals surface area contributed by atoms with E-state index in [-0.39, 0.29) is 35.6 Å². The number of fused-ring (bicyclic) bond motifs is 3. The topological polar surface area (TPSA) is 187 Å². The molecule has 1 saturated carbocycles. The van der Waals surface area contributed by atoms with Gasteiger partial charge in [0.2, 0.25) is 0 Å². The van der Waals surface area contributed by atoms with Crippen molar-refractivity contribution in [3.05, 3.63) is 139 Å². The first-order valence-corrected chi connectivity index (χ1v) is 22.4. The quantitative estimate of drug-likeness (QED) is 0.153. The van der Waals surface area contributed by atoms with Crippen molar-refractivity contribution in [3.63, 3.8) is 0 Å². The fraction of sp³-hybridized carbons (Fsp3) is 0.375. The van der Waals surface area contributed by atoms with E-state index in [1.807, 2.05) is 24.3 Å². The molecule has 0 bridgehead atoms. The first-order chi connectivity index (χ1) is 32.0. The molecule has 8 aromatic rings. The summed E-state index contributed by atoms with van der Waals surface area (Å²) in [4.78, 5) is 46.0. The summed E-state index contributed by atoms with van der Waals surface area (Å²) in [5, 5.41) is 17.0. The minimum absolute atomic E-state index is 0.159. The zero-order chi connectivity index (χ0) is 45.6. The largest absolute Gasteiger partial charge is 0.438 e. The van der Waals surface area contributed by atoms with Gasteiger partial charge in [0.05, 0.1) is 40.8 Å². The van der Waals surface area contributed by atoms with Crippen molar-refractivity contribution in [1.29, 1.82) is 0 Å². The molecule has 3 N–H and O–H groups in total. The van der Waals surface area contributed by atoms with Gasteiger partial charge in [-0.3, -0.25) is 28.5 Å². The van der Waals surface area contributed by atoms with Gasteiger partial charge in [-0.15, -0.1) is 0 Å². The van der Waals surface area contributed by atoms with Gasteiger partial charge in [0.25, 0.3) is 5.91 Å². The molecule has 1 aliphatic carbocycles. The van der Waals surface area contributed by atoms with Gasteiger partial charge in [0.15, 0.2) is 5.82 Å². The highest BCUT2D eigenvalue weighted by Crippen LogP contribution is 2.45. The van der Waals surface area contributed by atoms with Crippen LogP contribution in [0.15, 0.2) is 81.2 Å². The zero-order valence-electron chi connectivity index (χ0n) is 36.9. The summed E-state index contributed by atoms with van der Waals surface area (Å²) in [5.74, 6) is 1.04. The molecule has 3 aliphatic heterocycles. The minimum atomic E-state index is -0.450. The molecule has 16 nitrogen and oxygen atoms in total. The molecule has 342 valence electrons. The molecule has 2 atom stereocenters. The normalized spacial score (nSPS) is 18.2. The molecule has 0 unspecified atom stereocenters. The van der Waals surface area contributed by atoms with Crippen molar-refractivity contribution >= 4 is 27.7 Å². The Balaban J connectivity index is 0.000000287. The second kappa shape index (κ2) is 17.8. The highest BCUT2D eigenvalue weighted by Gasteiger charge is 2.37. The fourth-order valence-corrected chi connectivity index (χ4v) is 9.21. The molecule has 8 heterocycles. The average molecular weight is 901 g/mol. The molecule has 1 amide bonds. The zero-order valence-corrected chi connectivity index (χ0v) is 36.9. The molecule has 3 aromatic carbocycles. The molecular formula is C48H50F2N10O6. The van der Waals surface area contributed by atoms with Gasteiger partial charge in [-0.1, -0.05) is 12.1 Å². The standard InChI is InChI=1S/C38H34F2N8O3.C6H8N2O2.C4H8O/c1-21-13-28(14-22(2)34(21)40)48-36(47-10-9-46(38(47)50)27-3-4-31-26(16-27)19-41-43-31)29-20-45(8-5-32(29)44-48)37(49)33-18-25-15-24(17-30(39)35(25)42-33)23-6-11-51-12-7-23;1-3-2-4(3)5-7-6(9)10-8-5;1-2-4-5-3-1/h3-4,9-10,13-19,23,42H,5-8,11-12,20H2,1-2H3,(H,41,43);3-4H,2H2,1H3,(H,7,8,9);1-4H2/t;3-,4+;/m.0./s1. The van der Waals surface area contributed by atoms with E-state index in [1.54, 1.807) is 66.3 Å². The fourth-order valence-electron chi connectivity index (χ4n) is 9.21. The second-order valence-corrected chi connectivity index (χ2v) is 17.6. The number of hydrogen-bond donors (Lipinski definition) is 3. The maximum Gasteiger partial charge on any atom is 0.438 e. The molecule has 18 heteroatoms. The summed E-state index contributed by atoms with van der Waals surface area (Å²) in [6, 6.07) is 14.2. The number of carbonyl (C=O) groups excluding carboxylic acids is 1. The maximum atomic E-state index is 15.4. The Morgan fingerprint density at radius 1 is 0.864 bits per heavy atom. The number of amides is 1. The van der Waals surface area contributed by atoms with Crippen molar-refractivity contribution in [3.8, 4) is 17.2 Å². The third-order valence-electron chi connectivity index (χ3n) is 13.0. The van der Waals surface area contributed by atoms with Crippen molar-refractivity contribution < 1.29 is 27.6 Å².